The van der Waals surface area contributed by atoms with Crippen LogP contribution in [0.25, 0.3) is 5.52 Å². The number of aromatic nitrogens is 2. The Morgan fingerprint density at radius 1 is 1.05 bits per heavy atom. The number of fused-ring (bicyclic) bond motifs is 1. The van der Waals surface area contributed by atoms with Crippen LogP contribution in [-0.4, -0.2) is 22.6 Å². The molecule has 0 aliphatic carbocycles. The summed E-state index contributed by atoms with van der Waals surface area (Å²) < 4.78 is 31.4. The van der Waals surface area contributed by atoms with E-state index in [2.05, 4.69) is 5.10 Å². The van der Waals surface area contributed by atoms with Crippen LogP contribution in [0.3, 0.4) is 0 Å². The van der Waals surface area contributed by atoms with Crippen molar-refractivity contribution in [2.75, 3.05) is 0 Å². The molecule has 0 aliphatic rings. The summed E-state index contributed by atoms with van der Waals surface area (Å²) in [5.41, 5.74) is 2.09. The lowest BCUT2D eigenvalue weighted by atomic mass is 10.2. The number of nitrogens with zero attached hydrogens (tertiary/aromatic N) is 2. The summed E-state index contributed by atoms with van der Waals surface area (Å²) in [6.07, 6.45) is 3.71. The van der Waals surface area contributed by atoms with E-state index >= 15 is 0 Å². The Morgan fingerprint density at radius 2 is 1.75 bits per heavy atom. The van der Waals surface area contributed by atoms with Crippen LogP contribution >= 0.6 is 0 Å². The van der Waals surface area contributed by atoms with Crippen LogP contribution in [0.2, 0.25) is 0 Å². The van der Waals surface area contributed by atoms with Crippen molar-refractivity contribution in [2.24, 2.45) is 0 Å². The fraction of sp³-hybridized carbons (Fsp3) is 0.0714. The molecule has 6 heteroatoms. The number of hydrogen-bond donors (Lipinski definition) is 1. The van der Waals surface area contributed by atoms with Gasteiger partial charge in [-0.1, -0.05) is 23.8 Å². The molecule has 104 valence electrons. The summed E-state index contributed by atoms with van der Waals surface area (Å²) in [4.78, 5) is -0.0666. The summed E-state index contributed by atoms with van der Waals surface area (Å²) in [5, 5.41) is 4.04. The molecule has 2 aromatic heterocycles. The summed E-state index contributed by atoms with van der Waals surface area (Å²) in [6, 6.07) is 13.9. The van der Waals surface area contributed by atoms with Crippen LogP contribution in [0.5, 0.6) is 0 Å². The van der Waals surface area contributed by atoms with Gasteiger partial charge in [-0.05, 0) is 37.3 Å². The zero-order valence-corrected chi connectivity index (χ0v) is 11.7. The molecule has 3 rings (SSSR count). The van der Waals surface area contributed by atoms with E-state index in [1.54, 1.807) is 18.3 Å². The third-order valence-electron chi connectivity index (χ3n) is 2.63. The maximum atomic E-state index is 10.5. The molecule has 0 atom stereocenters. The third kappa shape index (κ3) is 3.66. The molecule has 5 nitrogen and oxygen atoms in total. The molecule has 0 amide bonds. The first kappa shape index (κ1) is 14.2. The Kier molecular flexibility index (Phi) is 4.16. The van der Waals surface area contributed by atoms with E-state index in [4.69, 9.17) is 4.55 Å². The van der Waals surface area contributed by atoms with Gasteiger partial charge in [0.15, 0.2) is 0 Å². The molecule has 2 heterocycles. The minimum absolute atomic E-state index is 0.0666. The predicted molar refractivity (Wildman–Crippen MR) is 76.2 cm³/mol. The SMILES string of the molecule is Cc1ccc(S(=O)(=O)O)cc1.c1ccn2nccc2c1. The molecular formula is C14H14N2O3S. The summed E-state index contributed by atoms with van der Waals surface area (Å²) in [5.74, 6) is 0. The maximum Gasteiger partial charge on any atom is 0.294 e. The smallest absolute Gasteiger partial charge is 0.282 e. The molecule has 0 radical (unpaired) electrons. The number of hydrogen-bond acceptors (Lipinski definition) is 3. The van der Waals surface area contributed by atoms with Gasteiger partial charge >= 0.3 is 0 Å². The van der Waals surface area contributed by atoms with E-state index in [1.165, 1.54) is 12.1 Å². The van der Waals surface area contributed by atoms with Gasteiger partial charge in [0.2, 0.25) is 0 Å². The fourth-order valence-corrected chi connectivity index (χ4v) is 2.06. The van der Waals surface area contributed by atoms with E-state index < -0.39 is 10.1 Å². The quantitative estimate of drug-likeness (QED) is 0.699. The molecule has 0 saturated carbocycles. The Bertz CT molecular complexity index is 762. The molecule has 0 unspecified atom stereocenters. The highest BCUT2D eigenvalue weighted by molar-refractivity contribution is 7.85. The van der Waals surface area contributed by atoms with Crippen molar-refractivity contribution in [1.29, 1.82) is 0 Å². The minimum atomic E-state index is -4.02. The molecule has 0 spiro atoms. The number of benzene rings is 1. The standard InChI is InChI=1S/C7H6N2.C7H8O3S/c1-2-6-9-7(3-1)4-5-8-9;1-6-2-4-7(5-3-6)11(8,9)10/h1-6H;2-5H,1H3,(H,8,9,10). The van der Waals surface area contributed by atoms with E-state index in [9.17, 15) is 8.42 Å². The van der Waals surface area contributed by atoms with Crippen LogP contribution < -0.4 is 0 Å². The number of pyridine rings is 1. The van der Waals surface area contributed by atoms with Crippen LogP contribution in [0, 0.1) is 6.92 Å². The second-order valence-corrected chi connectivity index (χ2v) is 5.61. The molecule has 1 N–H and O–H groups in total. The molecule has 0 fully saturated rings. The number of rotatable bonds is 1. The van der Waals surface area contributed by atoms with Crippen molar-refractivity contribution in [2.45, 2.75) is 11.8 Å². The Balaban J connectivity index is 0.000000149. The van der Waals surface area contributed by atoms with Crippen molar-refractivity contribution < 1.29 is 13.0 Å². The van der Waals surface area contributed by atoms with Crippen molar-refractivity contribution in [1.82, 2.24) is 9.61 Å². The van der Waals surface area contributed by atoms with Crippen molar-refractivity contribution in [3.8, 4) is 0 Å². The summed E-state index contributed by atoms with van der Waals surface area (Å²) in [6.45, 7) is 1.84. The molecular weight excluding hydrogens is 276 g/mol. The topological polar surface area (TPSA) is 71.7 Å². The molecule has 20 heavy (non-hydrogen) atoms. The Hall–Kier alpha value is -2.18. The van der Waals surface area contributed by atoms with Gasteiger partial charge in [-0.15, -0.1) is 0 Å². The van der Waals surface area contributed by atoms with Gasteiger partial charge in [-0.3, -0.25) is 4.55 Å². The highest BCUT2D eigenvalue weighted by Gasteiger charge is 2.06. The third-order valence-corrected chi connectivity index (χ3v) is 3.49. The average Bonchev–Trinajstić information content (AvgIpc) is 2.87. The Labute approximate surface area is 117 Å². The van der Waals surface area contributed by atoms with E-state index in [0.29, 0.717) is 0 Å². The summed E-state index contributed by atoms with van der Waals surface area (Å²) in [7, 11) is -4.02. The van der Waals surface area contributed by atoms with Gasteiger partial charge in [-0.25, -0.2) is 4.52 Å². The number of aryl methyl sites for hydroxylation is 1. The fourth-order valence-electron chi connectivity index (χ4n) is 1.58. The van der Waals surface area contributed by atoms with Gasteiger partial charge in [0.1, 0.15) is 0 Å². The molecule has 0 saturated heterocycles. The van der Waals surface area contributed by atoms with Crippen molar-refractivity contribution >= 4 is 15.6 Å². The normalized spacial score (nSPS) is 10.9. The van der Waals surface area contributed by atoms with Crippen LogP contribution in [0.15, 0.2) is 65.8 Å². The van der Waals surface area contributed by atoms with Gasteiger partial charge in [-0.2, -0.15) is 13.5 Å². The lowest BCUT2D eigenvalue weighted by Gasteiger charge is -1.95. The average molecular weight is 290 g/mol. The lowest BCUT2D eigenvalue weighted by Crippen LogP contribution is -1.96. The highest BCUT2D eigenvalue weighted by Crippen LogP contribution is 2.08. The minimum Gasteiger partial charge on any atom is -0.282 e. The monoisotopic (exact) mass is 290 g/mol. The largest absolute Gasteiger partial charge is 0.294 e. The zero-order chi connectivity index (χ0) is 14.6. The maximum absolute atomic E-state index is 10.5. The van der Waals surface area contributed by atoms with E-state index in [0.717, 1.165) is 11.1 Å². The molecule has 1 aromatic carbocycles. The first-order valence-electron chi connectivity index (χ1n) is 5.89. The van der Waals surface area contributed by atoms with Gasteiger partial charge < -0.3 is 0 Å². The molecule has 3 aromatic rings. The first-order valence-corrected chi connectivity index (χ1v) is 7.33. The van der Waals surface area contributed by atoms with Crippen molar-refractivity contribution in [3.63, 3.8) is 0 Å². The molecule has 0 aliphatic heterocycles. The van der Waals surface area contributed by atoms with Crippen LogP contribution in [-0.2, 0) is 10.1 Å². The Morgan fingerprint density at radius 3 is 2.35 bits per heavy atom. The van der Waals surface area contributed by atoms with Gasteiger partial charge in [0.05, 0.1) is 10.4 Å². The van der Waals surface area contributed by atoms with Crippen LogP contribution in [0.4, 0.5) is 0 Å². The van der Waals surface area contributed by atoms with Gasteiger partial charge in [0.25, 0.3) is 10.1 Å². The predicted octanol–water partition coefficient (Wildman–Crippen LogP) is 2.58. The summed E-state index contributed by atoms with van der Waals surface area (Å²) >= 11 is 0. The zero-order valence-electron chi connectivity index (χ0n) is 10.8. The van der Waals surface area contributed by atoms with Crippen LogP contribution in [0.1, 0.15) is 5.56 Å². The van der Waals surface area contributed by atoms with Crippen molar-refractivity contribution in [3.05, 3.63) is 66.5 Å². The van der Waals surface area contributed by atoms with Gasteiger partial charge in [0, 0.05) is 12.4 Å². The second-order valence-electron chi connectivity index (χ2n) is 4.19. The van der Waals surface area contributed by atoms with E-state index in [1.807, 2.05) is 41.9 Å². The molecule has 0 bridgehead atoms. The second kappa shape index (κ2) is 5.85. The first-order chi connectivity index (χ1) is 9.47. The van der Waals surface area contributed by atoms with E-state index in [-0.39, 0.29) is 4.90 Å². The highest BCUT2D eigenvalue weighted by atomic mass is 32.2. The lowest BCUT2D eigenvalue weighted by molar-refractivity contribution is 0.483.